The summed E-state index contributed by atoms with van der Waals surface area (Å²) in [5.41, 5.74) is 1.85. The van der Waals surface area contributed by atoms with Crippen molar-refractivity contribution >= 4 is 23.6 Å². The van der Waals surface area contributed by atoms with Crippen molar-refractivity contribution in [2.45, 2.75) is 52.2 Å². The number of aryl methyl sites for hydroxylation is 1. The van der Waals surface area contributed by atoms with Crippen LogP contribution in [0.5, 0.6) is 0 Å². The molecule has 0 radical (unpaired) electrons. The van der Waals surface area contributed by atoms with Gasteiger partial charge < -0.3 is 20.7 Å². The summed E-state index contributed by atoms with van der Waals surface area (Å²) in [6.07, 6.45) is 0.405. The van der Waals surface area contributed by atoms with E-state index in [9.17, 15) is 18.8 Å². The number of hydrogen-bond acceptors (Lipinski definition) is 4. The Kier molecular flexibility index (Phi) is 9.19. The second-order valence-electron chi connectivity index (χ2n) is 8.33. The average Bonchev–Trinajstić information content (AvgIpc) is 2.71. The first kappa shape index (κ1) is 24.8. The van der Waals surface area contributed by atoms with E-state index in [1.54, 1.807) is 45.0 Å². The lowest BCUT2D eigenvalue weighted by atomic mass is 10.1. The Morgan fingerprint density at radius 2 is 1.47 bits per heavy atom. The molecule has 0 atom stereocenters. The number of amides is 3. The Hall–Kier alpha value is -3.42. The molecule has 2 aromatic carbocycles. The summed E-state index contributed by atoms with van der Waals surface area (Å²) in [5.74, 6) is -0.626. The minimum atomic E-state index is -0.583. The van der Waals surface area contributed by atoms with Gasteiger partial charge in [-0.2, -0.15) is 0 Å². The van der Waals surface area contributed by atoms with Gasteiger partial charge in [-0.25, -0.2) is 9.18 Å². The topological polar surface area (TPSA) is 96.5 Å². The lowest BCUT2D eigenvalue weighted by molar-refractivity contribution is -0.121. The summed E-state index contributed by atoms with van der Waals surface area (Å²) >= 11 is 0. The Labute approximate surface area is 187 Å². The maximum absolute atomic E-state index is 12.9. The van der Waals surface area contributed by atoms with E-state index in [4.69, 9.17) is 4.74 Å². The van der Waals surface area contributed by atoms with E-state index in [1.165, 1.54) is 12.1 Å². The van der Waals surface area contributed by atoms with Crippen LogP contribution in [0.4, 0.5) is 14.9 Å². The number of ether oxygens (including phenoxy) is 1. The van der Waals surface area contributed by atoms with Crippen LogP contribution < -0.4 is 16.0 Å². The molecule has 0 saturated heterocycles. The summed E-state index contributed by atoms with van der Waals surface area (Å²) in [5, 5.41) is 8.13. The maximum atomic E-state index is 12.9. The van der Waals surface area contributed by atoms with Crippen molar-refractivity contribution in [3.63, 3.8) is 0 Å². The summed E-state index contributed by atoms with van der Waals surface area (Å²) in [7, 11) is 0. The van der Waals surface area contributed by atoms with Crippen molar-refractivity contribution < 1.29 is 23.5 Å². The third-order valence-electron chi connectivity index (χ3n) is 4.30. The van der Waals surface area contributed by atoms with Gasteiger partial charge in [-0.05, 0) is 62.6 Å². The second kappa shape index (κ2) is 11.8. The van der Waals surface area contributed by atoms with Gasteiger partial charge in [-0.3, -0.25) is 9.59 Å². The molecule has 32 heavy (non-hydrogen) atoms. The predicted molar refractivity (Wildman–Crippen MR) is 120 cm³/mol. The zero-order valence-electron chi connectivity index (χ0n) is 18.7. The van der Waals surface area contributed by atoms with Crippen LogP contribution in [-0.2, 0) is 27.3 Å². The van der Waals surface area contributed by atoms with Crippen LogP contribution in [-0.4, -0.2) is 30.1 Å². The van der Waals surface area contributed by atoms with Gasteiger partial charge in [0.05, 0.1) is 0 Å². The molecular weight excluding hydrogens is 413 g/mol. The number of anilines is 1. The van der Waals surface area contributed by atoms with Gasteiger partial charge in [-0.15, -0.1) is 0 Å². The molecule has 7 nitrogen and oxygen atoms in total. The highest BCUT2D eigenvalue weighted by molar-refractivity contribution is 5.90. The number of halogens is 1. The molecule has 0 heterocycles. The van der Waals surface area contributed by atoms with Crippen molar-refractivity contribution in [2.24, 2.45) is 0 Å². The number of carbonyl (C=O) groups excluding carboxylic acids is 3. The number of hydrogen-bond donors (Lipinski definition) is 3. The summed E-state index contributed by atoms with van der Waals surface area (Å²) < 4.78 is 18.0. The maximum Gasteiger partial charge on any atom is 0.407 e. The van der Waals surface area contributed by atoms with Crippen LogP contribution in [0.25, 0.3) is 0 Å². The standard InChI is InChI=1S/C24H30FN3O4/c1-24(2,3)32-23(31)26-15-14-21(29)27-16-18-6-11-20(12-7-18)28-22(30)13-8-17-4-9-19(25)10-5-17/h4-7,9-12H,8,13-16H2,1-3H3,(H,26,31)(H,27,29)(H,28,30). The smallest absolute Gasteiger partial charge is 0.407 e. The van der Waals surface area contributed by atoms with Crippen LogP contribution in [0.3, 0.4) is 0 Å². The molecule has 3 N–H and O–H groups in total. The van der Waals surface area contributed by atoms with E-state index in [0.29, 0.717) is 25.1 Å². The molecule has 0 spiro atoms. The highest BCUT2D eigenvalue weighted by Gasteiger charge is 2.15. The lowest BCUT2D eigenvalue weighted by Crippen LogP contribution is -2.35. The molecule has 0 aromatic heterocycles. The molecule has 0 aliphatic rings. The Bertz CT molecular complexity index is 906. The number of rotatable bonds is 9. The van der Waals surface area contributed by atoms with Crippen LogP contribution in [0, 0.1) is 5.82 Å². The van der Waals surface area contributed by atoms with Gasteiger partial charge >= 0.3 is 6.09 Å². The molecule has 0 bridgehead atoms. The summed E-state index contributed by atoms with van der Waals surface area (Å²) in [6, 6.07) is 13.2. The number of carbonyl (C=O) groups is 3. The van der Waals surface area contributed by atoms with E-state index in [-0.39, 0.29) is 30.6 Å². The van der Waals surface area contributed by atoms with Gasteiger partial charge in [0.1, 0.15) is 11.4 Å². The fraction of sp³-hybridized carbons (Fsp3) is 0.375. The van der Waals surface area contributed by atoms with Gasteiger partial charge in [0, 0.05) is 31.6 Å². The molecule has 2 aromatic rings. The van der Waals surface area contributed by atoms with Gasteiger partial charge in [0.2, 0.25) is 11.8 Å². The highest BCUT2D eigenvalue weighted by Crippen LogP contribution is 2.11. The Morgan fingerprint density at radius 1 is 0.844 bits per heavy atom. The average molecular weight is 444 g/mol. The highest BCUT2D eigenvalue weighted by atomic mass is 19.1. The number of nitrogens with one attached hydrogen (secondary N) is 3. The molecule has 3 amide bonds. The zero-order chi connectivity index (χ0) is 23.6. The van der Waals surface area contributed by atoms with Gasteiger partial charge in [-0.1, -0.05) is 24.3 Å². The van der Waals surface area contributed by atoms with Crippen LogP contribution in [0.1, 0.15) is 44.7 Å². The first-order chi connectivity index (χ1) is 15.1. The second-order valence-corrected chi connectivity index (χ2v) is 8.33. The van der Waals surface area contributed by atoms with Gasteiger partial charge in [0.15, 0.2) is 0 Å². The Balaban J connectivity index is 1.66. The predicted octanol–water partition coefficient (Wildman–Crippen LogP) is 3.93. The zero-order valence-corrected chi connectivity index (χ0v) is 18.7. The number of benzene rings is 2. The number of alkyl carbamates (subject to hydrolysis) is 1. The van der Waals surface area contributed by atoms with Gasteiger partial charge in [0.25, 0.3) is 0 Å². The summed E-state index contributed by atoms with van der Waals surface area (Å²) in [6.45, 7) is 5.83. The first-order valence-electron chi connectivity index (χ1n) is 10.5. The fourth-order valence-corrected chi connectivity index (χ4v) is 2.72. The van der Waals surface area contributed by atoms with Crippen molar-refractivity contribution in [2.75, 3.05) is 11.9 Å². The van der Waals surface area contributed by atoms with Crippen molar-refractivity contribution in [1.29, 1.82) is 0 Å². The van der Waals surface area contributed by atoms with E-state index in [0.717, 1.165) is 11.1 Å². The van der Waals surface area contributed by atoms with E-state index in [1.807, 2.05) is 12.1 Å². The van der Waals surface area contributed by atoms with Crippen molar-refractivity contribution in [3.8, 4) is 0 Å². The lowest BCUT2D eigenvalue weighted by Gasteiger charge is -2.19. The van der Waals surface area contributed by atoms with Crippen LogP contribution in [0.2, 0.25) is 0 Å². The quantitative estimate of drug-likeness (QED) is 0.547. The molecule has 172 valence electrons. The van der Waals surface area contributed by atoms with E-state index < -0.39 is 11.7 Å². The summed E-state index contributed by atoms with van der Waals surface area (Å²) in [4.78, 5) is 35.6. The van der Waals surface area contributed by atoms with E-state index >= 15 is 0 Å². The fourth-order valence-electron chi connectivity index (χ4n) is 2.72. The molecule has 0 aliphatic heterocycles. The van der Waals surface area contributed by atoms with Crippen LogP contribution in [0.15, 0.2) is 48.5 Å². The molecular formula is C24H30FN3O4. The minimum Gasteiger partial charge on any atom is -0.444 e. The molecule has 8 heteroatoms. The third-order valence-corrected chi connectivity index (χ3v) is 4.30. The molecule has 0 unspecified atom stereocenters. The van der Waals surface area contributed by atoms with Crippen molar-refractivity contribution in [1.82, 2.24) is 10.6 Å². The molecule has 0 fully saturated rings. The first-order valence-corrected chi connectivity index (χ1v) is 10.5. The SMILES string of the molecule is CC(C)(C)OC(=O)NCCC(=O)NCc1ccc(NC(=O)CCc2ccc(F)cc2)cc1. The normalized spacial score (nSPS) is 10.9. The Morgan fingerprint density at radius 3 is 2.09 bits per heavy atom. The minimum absolute atomic E-state index is 0.132. The van der Waals surface area contributed by atoms with E-state index in [2.05, 4.69) is 16.0 Å². The van der Waals surface area contributed by atoms with Crippen LogP contribution >= 0.6 is 0 Å². The largest absolute Gasteiger partial charge is 0.444 e. The monoisotopic (exact) mass is 443 g/mol. The molecule has 2 rings (SSSR count). The third kappa shape index (κ3) is 10.1. The molecule has 0 aliphatic carbocycles. The molecule has 0 saturated carbocycles. The van der Waals surface area contributed by atoms with Crippen molar-refractivity contribution in [3.05, 3.63) is 65.5 Å².